The number of nitrogens with one attached hydrogen (secondary N) is 1. The molecule has 0 spiro atoms. The second-order valence-corrected chi connectivity index (χ2v) is 6.89. The predicted octanol–water partition coefficient (Wildman–Crippen LogP) is 3.76. The summed E-state index contributed by atoms with van der Waals surface area (Å²) in [6, 6.07) is 5.44. The zero-order valence-electron chi connectivity index (χ0n) is 10.2. The first-order valence-corrected chi connectivity index (χ1v) is 8.09. The summed E-state index contributed by atoms with van der Waals surface area (Å²) in [6.07, 6.45) is 0. The van der Waals surface area contributed by atoms with E-state index < -0.39 is 27.3 Å². The molecular weight excluding hydrogens is 390 g/mol. The Kier molecular flexibility index (Phi) is 4.40. The number of rotatable bonds is 3. The number of hydrogen-bond acceptors (Lipinski definition) is 3. The van der Waals surface area contributed by atoms with Crippen molar-refractivity contribution < 1.29 is 17.2 Å². The summed E-state index contributed by atoms with van der Waals surface area (Å²) in [5, 5.41) is 0.0741. The molecule has 0 heterocycles. The van der Waals surface area contributed by atoms with Crippen molar-refractivity contribution >= 4 is 48.9 Å². The maximum Gasteiger partial charge on any atom is 0.263 e. The number of hydrogen-bond donors (Lipinski definition) is 2. The van der Waals surface area contributed by atoms with Gasteiger partial charge in [-0.3, -0.25) is 4.72 Å². The van der Waals surface area contributed by atoms with Crippen molar-refractivity contribution in [2.75, 3.05) is 10.5 Å². The molecule has 2 aromatic rings. The third-order valence-electron chi connectivity index (χ3n) is 2.52. The van der Waals surface area contributed by atoms with Gasteiger partial charge in [-0.1, -0.05) is 17.7 Å². The topological polar surface area (TPSA) is 72.2 Å². The molecule has 0 fully saturated rings. The summed E-state index contributed by atoms with van der Waals surface area (Å²) in [7, 11) is -4.28. The van der Waals surface area contributed by atoms with Crippen LogP contribution in [0.3, 0.4) is 0 Å². The van der Waals surface area contributed by atoms with Gasteiger partial charge in [-0.25, -0.2) is 17.2 Å². The van der Waals surface area contributed by atoms with E-state index in [0.29, 0.717) is 0 Å². The Balaban J connectivity index is 2.54. The number of halogens is 4. The lowest BCUT2D eigenvalue weighted by Crippen LogP contribution is -2.16. The minimum Gasteiger partial charge on any atom is -0.398 e. The van der Waals surface area contributed by atoms with Gasteiger partial charge in [0.15, 0.2) is 0 Å². The number of anilines is 2. The van der Waals surface area contributed by atoms with E-state index in [1.54, 1.807) is 0 Å². The predicted molar refractivity (Wildman–Crippen MR) is 80.7 cm³/mol. The molecule has 0 amide bonds. The van der Waals surface area contributed by atoms with Crippen LogP contribution in [-0.2, 0) is 10.0 Å². The summed E-state index contributed by atoms with van der Waals surface area (Å²) in [4.78, 5) is -0.324. The number of nitrogens with two attached hydrogens (primary N) is 1. The van der Waals surface area contributed by atoms with Gasteiger partial charge in [0.05, 0.1) is 4.47 Å². The maximum absolute atomic E-state index is 13.5. The van der Waals surface area contributed by atoms with Crippen LogP contribution < -0.4 is 10.5 Å². The molecule has 2 rings (SSSR count). The fraction of sp³-hybridized carbons (Fsp3) is 0. The Bertz CT molecular complexity index is 795. The van der Waals surface area contributed by atoms with Crippen LogP contribution in [0.1, 0.15) is 0 Å². The van der Waals surface area contributed by atoms with Crippen LogP contribution >= 0.6 is 27.5 Å². The van der Waals surface area contributed by atoms with E-state index in [-0.39, 0.29) is 20.1 Å². The van der Waals surface area contributed by atoms with Crippen LogP contribution in [0, 0.1) is 11.6 Å². The first-order chi connectivity index (χ1) is 9.72. The average molecular weight is 398 g/mol. The number of para-hydroxylation sites is 1. The first-order valence-electron chi connectivity index (χ1n) is 5.43. The lowest BCUT2D eigenvalue weighted by Gasteiger charge is -2.12. The molecule has 9 heteroatoms. The highest BCUT2D eigenvalue weighted by Crippen LogP contribution is 2.33. The van der Waals surface area contributed by atoms with Gasteiger partial charge in [0.1, 0.15) is 22.2 Å². The molecule has 0 saturated heterocycles. The first kappa shape index (κ1) is 16.0. The smallest absolute Gasteiger partial charge is 0.263 e. The Labute approximate surface area is 133 Å². The van der Waals surface area contributed by atoms with Crippen LogP contribution in [0.5, 0.6) is 0 Å². The fourth-order valence-corrected chi connectivity index (χ4v) is 3.93. The molecule has 0 aliphatic carbocycles. The van der Waals surface area contributed by atoms with Crippen LogP contribution in [0.25, 0.3) is 0 Å². The summed E-state index contributed by atoms with van der Waals surface area (Å²) < 4.78 is 53.4. The second kappa shape index (κ2) is 5.78. The van der Waals surface area contributed by atoms with Gasteiger partial charge in [-0.15, -0.1) is 0 Å². The largest absolute Gasteiger partial charge is 0.398 e. The molecule has 0 atom stereocenters. The zero-order valence-corrected chi connectivity index (χ0v) is 13.4. The molecular formula is C12H8BrClF2N2O2S. The molecule has 21 heavy (non-hydrogen) atoms. The van der Waals surface area contributed by atoms with E-state index in [1.807, 2.05) is 4.72 Å². The average Bonchev–Trinajstić information content (AvgIpc) is 2.38. The second-order valence-electron chi connectivity index (χ2n) is 4.01. The summed E-state index contributed by atoms with van der Waals surface area (Å²) in [6.45, 7) is 0. The van der Waals surface area contributed by atoms with Gasteiger partial charge < -0.3 is 5.73 Å². The molecule has 0 aliphatic heterocycles. The van der Waals surface area contributed by atoms with Gasteiger partial charge in [-0.2, -0.15) is 0 Å². The Morgan fingerprint density at radius 1 is 1.19 bits per heavy atom. The van der Waals surface area contributed by atoms with Crippen LogP contribution in [0.2, 0.25) is 5.02 Å². The standard InChI is InChI=1S/C12H8BrClF2N2O2S/c13-11-9(17)4-6(14)5-10(11)21(19,20)18-12-7(15)2-1-3-8(12)16/h1-5,18H,17H2. The van der Waals surface area contributed by atoms with Gasteiger partial charge in [0.25, 0.3) is 10.0 Å². The number of benzene rings is 2. The van der Waals surface area contributed by atoms with E-state index in [1.165, 1.54) is 6.07 Å². The SMILES string of the molecule is Nc1cc(Cl)cc(S(=O)(=O)Nc2c(F)cccc2F)c1Br. The minimum atomic E-state index is -4.28. The third-order valence-corrected chi connectivity index (χ3v) is 5.26. The lowest BCUT2D eigenvalue weighted by molar-refractivity contribution is 0.582. The molecule has 0 saturated carbocycles. The highest BCUT2D eigenvalue weighted by molar-refractivity contribution is 9.10. The normalized spacial score (nSPS) is 11.4. The monoisotopic (exact) mass is 396 g/mol. The van der Waals surface area contributed by atoms with Crippen molar-refractivity contribution in [2.24, 2.45) is 0 Å². The Morgan fingerprint density at radius 2 is 1.76 bits per heavy atom. The van der Waals surface area contributed by atoms with Crippen molar-refractivity contribution in [1.29, 1.82) is 0 Å². The van der Waals surface area contributed by atoms with Crippen LogP contribution in [0.4, 0.5) is 20.2 Å². The molecule has 3 N–H and O–H groups in total. The molecule has 0 aliphatic rings. The van der Waals surface area contributed by atoms with Crippen molar-refractivity contribution in [3.8, 4) is 0 Å². The summed E-state index contributed by atoms with van der Waals surface area (Å²) >= 11 is 8.76. The van der Waals surface area contributed by atoms with Crippen LogP contribution in [0.15, 0.2) is 39.7 Å². The summed E-state index contributed by atoms with van der Waals surface area (Å²) in [5.41, 5.74) is 4.91. The lowest BCUT2D eigenvalue weighted by atomic mass is 10.3. The van der Waals surface area contributed by atoms with Crippen molar-refractivity contribution in [3.63, 3.8) is 0 Å². The maximum atomic E-state index is 13.5. The van der Waals surface area contributed by atoms with Crippen LogP contribution in [-0.4, -0.2) is 8.42 Å². The molecule has 0 unspecified atom stereocenters. The fourth-order valence-electron chi connectivity index (χ4n) is 1.56. The van der Waals surface area contributed by atoms with E-state index in [4.69, 9.17) is 17.3 Å². The van der Waals surface area contributed by atoms with Gasteiger partial charge in [0.2, 0.25) is 0 Å². The Hall–Kier alpha value is -1.38. The van der Waals surface area contributed by atoms with E-state index >= 15 is 0 Å². The molecule has 0 radical (unpaired) electrons. The molecule has 2 aromatic carbocycles. The molecule has 4 nitrogen and oxygen atoms in total. The minimum absolute atomic E-state index is 0.0520. The number of nitrogen functional groups attached to an aromatic ring is 1. The van der Waals surface area contributed by atoms with Crippen molar-refractivity contribution in [2.45, 2.75) is 4.90 Å². The zero-order chi connectivity index (χ0) is 15.8. The molecule has 0 aromatic heterocycles. The Morgan fingerprint density at radius 3 is 2.33 bits per heavy atom. The molecule has 112 valence electrons. The highest BCUT2D eigenvalue weighted by Gasteiger charge is 2.23. The quantitative estimate of drug-likeness (QED) is 0.775. The summed E-state index contributed by atoms with van der Waals surface area (Å²) in [5.74, 6) is -2.07. The van der Waals surface area contributed by atoms with E-state index in [9.17, 15) is 17.2 Å². The number of sulfonamides is 1. The third kappa shape index (κ3) is 3.28. The van der Waals surface area contributed by atoms with E-state index in [2.05, 4.69) is 15.9 Å². The van der Waals surface area contributed by atoms with E-state index in [0.717, 1.165) is 24.3 Å². The highest BCUT2D eigenvalue weighted by atomic mass is 79.9. The van der Waals surface area contributed by atoms with Gasteiger partial charge in [-0.05, 0) is 40.2 Å². The van der Waals surface area contributed by atoms with Gasteiger partial charge in [0, 0.05) is 10.7 Å². The van der Waals surface area contributed by atoms with Crippen molar-refractivity contribution in [3.05, 3.63) is 51.5 Å². The van der Waals surface area contributed by atoms with Gasteiger partial charge >= 0.3 is 0 Å². The van der Waals surface area contributed by atoms with Crippen molar-refractivity contribution in [1.82, 2.24) is 0 Å². The molecule has 0 bridgehead atoms.